The molecule has 0 aromatic heterocycles. The molecule has 1 rings (SSSR count). The number of carbonyl (C=O) groups excluding carboxylic acids is 1. The lowest BCUT2D eigenvalue weighted by molar-refractivity contribution is -0.120. The first-order chi connectivity index (χ1) is 10.2. The van der Waals surface area contributed by atoms with Crippen LogP contribution in [-0.2, 0) is 14.8 Å². The average molecular weight is 348 g/mol. The fourth-order valence-electron chi connectivity index (χ4n) is 1.83. The molecule has 8 heteroatoms. The van der Waals surface area contributed by atoms with Crippen LogP contribution in [0.1, 0.15) is 6.42 Å². The number of nitrogens with one attached hydrogen (secondary N) is 1. The molecule has 0 heterocycles. The van der Waals surface area contributed by atoms with Crippen molar-refractivity contribution in [1.82, 2.24) is 10.2 Å². The van der Waals surface area contributed by atoms with Crippen molar-refractivity contribution >= 4 is 33.2 Å². The largest absolute Gasteiger partial charge is 0.355 e. The number of nitrogens with zero attached hydrogens (tertiary/aromatic N) is 2. The van der Waals surface area contributed by atoms with Crippen molar-refractivity contribution in [3.05, 3.63) is 29.3 Å². The lowest BCUT2D eigenvalue weighted by Gasteiger charge is -2.22. The van der Waals surface area contributed by atoms with E-state index in [1.54, 1.807) is 24.3 Å². The van der Waals surface area contributed by atoms with Crippen LogP contribution in [0.5, 0.6) is 0 Å². The molecule has 0 aliphatic carbocycles. The van der Waals surface area contributed by atoms with Crippen molar-refractivity contribution in [3.8, 4) is 0 Å². The Labute approximate surface area is 137 Å². The van der Waals surface area contributed by atoms with Crippen LogP contribution in [0.3, 0.4) is 0 Å². The molecule has 0 fully saturated rings. The van der Waals surface area contributed by atoms with Gasteiger partial charge in [-0.1, -0.05) is 17.7 Å². The van der Waals surface area contributed by atoms with E-state index < -0.39 is 10.0 Å². The van der Waals surface area contributed by atoms with E-state index in [4.69, 9.17) is 11.6 Å². The van der Waals surface area contributed by atoms with Crippen molar-refractivity contribution in [2.45, 2.75) is 6.42 Å². The summed E-state index contributed by atoms with van der Waals surface area (Å²) in [5.74, 6) is -0.183. The standard InChI is InChI=1S/C14H22ClN3O3S/c1-17(2)10-8-16-14(19)7-9-18(22(3,20)21)13-6-4-5-12(15)11-13/h4-6,11H,7-10H2,1-3H3,(H,16,19). The van der Waals surface area contributed by atoms with Gasteiger partial charge in [0.25, 0.3) is 0 Å². The quantitative estimate of drug-likeness (QED) is 0.766. The molecule has 0 radical (unpaired) electrons. The first kappa shape index (κ1) is 18.7. The Balaban J connectivity index is 2.66. The normalized spacial score (nSPS) is 11.5. The molecule has 0 spiro atoms. The zero-order chi connectivity index (χ0) is 16.8. The Bertz CT molecular complexity index is 605. The van der Waals surface area contributed by atoms with Crippen LogP contribution in [0.25, 0.3) is 0 Å². The molecular weight excluding hydrogens is 326 g/mol. The maximum atomic E-state index is 11.9. The molecule has 1 N–H and O–H groups in total. The van der Waals surface area contributed by atoms with Crippen LogP contribution in [0.15, 0.2) is 24.3 Å². The second-order valence-corrected chi connectivity index (χ2v) is 7.56. The number of halogens is 1. The number of amides is 1. The maximum absolute atomic E-state index is 11.9. The van der Waals surface area contributed by atoms with Crippen molar-refractivity contribution in [2.75, 3.05) is 44.3 Å². The van der Waals surface area contributed by atoms with Gasteiger partial charge in [0.1, 0.15) is 0 Å². The van der Waals surface area contributed by atoms with Crippen molar-refractivity contribution in [1.29, 1.82) is 0 Å². The second kappa shape index (κ2) is 8.36. The third-order valence-electron chi connectivity index (χ3n) is 2.92. The molecule has 0 saturated carbocycles. The van der Waals surface area contributed by atoms with Gasteiger partial charge in [0.15, 0.2) is 0 Å². The fraction of sp³-hybridized carbons (Fsp3) is 0.500. The third kappa shape index (κ3) is 6.64. The van der Waals surface area contributed by atoms with Crippen LogP contribution in [-0.4, -0.2) is 59.2 Å². The highest BCUT2D eigenvalue weighted by atomic mass is 35.5. The van der Waals surface area contributed by atoms with Crippen LogP contribution in [0, 0.1) is 0 Å². The van der Waals surface area contributed by atoms with Gasteiger partial charge in [-0.25, -0.2) is 8.42 Å². The second-order valence-electron chi connectivity index (χ2n) is 5.22. The minimum atomic E-state index is -3.48. The molecule has 1 aromatic rings. The minimum Gasteiger partial charge on any atom is -0.355 e. The molecule has 1 aromatic carbocycles. The SMILES string of the molecule is CN(C)CCNC(=O)CCN(c1cccc(Cl)c1)S(C)(=O)=O. The number of benzene rings is 1. The molecule has 0 unspecified atom stereocenters. The Kier molecular flexibility index (Phi) is 7.12. The molecule has 0 atom stereocenters. The van der Waals surface area contributed by atoms with Gasteiger partial charge in [0.05, 0.1) is 11.9 Å². The van der Waals surface area contributed by atoms with E-state index in [1.165, 1.54) is 4.31 Å². The van der Waals surface area contributed by atoms with Gasteiger partial charge in [0.2, 0.25) is 15.9 Å². The van der Waals surface area contributed by atoms with Gasteiger partial charge in [-0.3, -0.25) is 9.10 Å². The van der Waals surface area contributed by atoms with E-state index >= 15 is 0 Å². The summed E-state index contributed by atoms with van der Waals surface area (Å²) < 4.78 is 25.0. The summed E-state index contributed by atoms with van der Waals surface area (Å²) >= 11 is 5.89. The van der Waals surface area contributed by atoms with E-state index in [9.17, 15) is 13.2 Å². The molecule has 0 aliphatic heterocycles. The maximum Gasteiger partial charge on any atom is 0.232 e. The summed E-state index contributed by atoms with van der Waals surface area (Å²) in [6.45, 7) is 1.34. The van der Waals surface area contributed by atoms with Gasteiger partial charge in [0, 0.05) is 31.1 Å². The number of hydrogen-bond donors (Lipinski definition) is 1. The molecule has 0 saturated heterocycles. The summed E-state index contributed by atoms with van der Waals surface area (Å²) in [5.41, 5.74) is 0.455. The third-order valence-corrected chi connectivity index (χ3v) is 4.35. The summed E-state index contributed by atoms with van der Waals surface area (Å²) in [6.07, 6.45) is 1.20. The molecule has 0 bridgehead atoms. The molecular formula is C14H22ClN3O3S. The Hall–Kier alpha value is -1.31. The minimum absolute atomic E-state index is 0.0764. The van der Waals surface area contributed by atoms with Gasteiger partial charge in [-0.05, 0) is 32.3 Å². The smallest absolute Gasteiger partial charge is 0.232 e. The van der Waals surface area contributed by atoms with Crippen molar-refractivity contribution in [3.63, 3.8) is 0 Å². The zero-order valence-corrected chi connectivity index (χ0v) is 14.6. The monoisotopic (exact) mass is 347 g/mol. The predicted molar refractivity (Wildman–Crippen MR) is 89.8 cm³/mol. The highest BCUT2D eigenvalue weighted by Crippen LogP contribution is 2.21. The summed E-state index contributed by atoms with van der Waals surface area (Å²) in [4.78, 5) is 13.7. The topological polar surface area (TPSA) is 69.7 Å². The average Bonchev–Trinajstić information content (AvgIpc) is 2.37. The molecule has 124 valence electrons. The lowest BCUT2D eigenvalue weighted by atomic mass is 10.3. The number of anilines is 1. The molecule has 22 heavy (non-hydrogen) atoms. The van der Waals surface area contributed by atoms with E-state index in [1.807, 2.05) is 19.0 Å². The van der Waals surface area contributed by atoms with Crippen molar-refractivity contribution < 1.29 is 13.2 Å². The van der Waals surface area contributed by atoms with Gasteiger partial charge in [-0.2, -0.15) is 0 Å². The highest BCUT2D eigenvalue weighted by Gasteiger charge is 2.18. The summed E-state index contributed by atoms with van der Waals surface area (Å²) in [5, 5.41) is 3.20. The molecule has 6 nitrogen and oxygen atoms in total. The Morgan fingerprint density at radius 2 is 1.95 bits per heavy atom. The van der Waals surface area contributed by atoms with Gasteiger partial charge < -0.3 is 10.2 Å². The lowest BCUT2D eigenvalue weighted by Crippen LogP contribution is -2.36. The number of rotatable bonds is 8. The summed E-state index contributed by atoms with van der Waals surface area (Å²) in [6, 6.07) is 6.55. The van der Waals surface area contributed by atoms with Crippen LogP contribution >= 0.6 is 11.6 Å². The van der Waals surface area contributed by atoms with Crippen LogP contribution < -0.4 is 9.62 Å². The van der Waals surface area contributed by atoms with E-state index in [-0.39, 0.29) is 18.9 Å². The van der Waals surface area contributed by atoms with Gasteiger partial charge >= 0.3 is 0 Å². The van der Waals surface area contributed by atoms with E-state index in [2.05, 4.69) is 5.32 Å². The number of hydrogen-bond acceptors (Lipinski definition) is 4. The first-order valence-corrected chi connectivity index (χ1v) is 9.07. The van der Waals surface area contributed by atoms with Crippen LogP contribution in [0.2, 0.25) is 5.02 Å². The van der Waals surface area contributed by atoms with E-state index in [0.717, 1.165) is 12.8 Å². The number of likely N-dealkylation sites (N-methyl/N-ethyl adjacent to an activating group) is 1. The van der Waals surface area contributed by atoms with E-state index in [0.29, 0.717) is 17.3 Å². The summed E-state index contributed by atoms with van der Waals surface area (Å²) in [7, 11) is 0.349. The zero-order valence-electron chi connectivity index (χ0n) is 13.0. The van der Waals surface area contributed by atoms with Crippen LogP contribution in [0.4, 0.5) is 5.69 Å². The number of carbonyl (C=O) groups is 1. The Morgan fingerprint density at radius 1 is 1.27 bits per heavy atom. The highest BCUT2D eigenvalue weighted by molar-refractivity contribution is 7.92. The fourth-order valence-corrected chi connectivity index (χ4v) is 2.93. The predicted octanol–water partition coefficient (Wildman–Crippen LogP) is 1.17. The van der Waals surface area contributed by atoms with Gasteiger partial charge in [-0.15, -0.1) is 0 Å². The first-order valence-electron chi connectivity index (χ1n) is 6.85. The molecule has 1 amide bonds. The Morgan fingerprint density at radius 3 is 2.50 bits per heavy atom. The molecule has 0 aliphatic rings. The van der Waals surface area contributed by atoms with Crippen molar-refractivity contribution in [2.24, 2.45) is 0 Å². The number of sulfonamides is 1.